The molecule has 7 aromatic carbocycles. The van der Waals surface area contributed by atoms with E-state index in [2.05, 4.69) is 121 Å². The predicted molar refractivity (Wildman–Crippen MR) is 215 cm³/mol. The quantitative estimate of drug-likeness (QED) is 0.185. The molecule has 0 aliphatic carbocycles. The van der Waals surface area contributed by atoms with Gasteiger partial charge in [0.2, 0.25) is 0 Å². The van der Waals surface area contributed by atoms with Gasteiger partial charge in [-0.05, 0) is 54.1 Å². The van der Waals surface area contributed by atoms with Crippen LogP contribution in [0.25, 0.3) is 108 Å². The Morgan fingerprint density at radius 3 is 1.80 bits per heavy atom. The van der Waals surface area contributed by atoms with Crippen LogP contribution in [0.15, 0.2) is 156 Å². The average Bonchev–Trinajstić information content (AvgIpc) is 3.88. The van der Waals surface area contributed by atoms with Crippen LogP contribution in [0.2, 0.25) is 0 Å². The molecule has 0 saturated carbocycles. The summed E-state index contributed by atoms with van der Waals surface area (Å²) in [4.78, 5) is 15.1. The maximum atomic E-state index is 6.59. The first-order valence-corrected chi connectivity index (χ1v) is 18.5. The molecule has 4 aromatic heterocycles. The van der Waals surface area contributed by atoms with Gasteiger partial charge in [0.05, 0.1) is 0 Å². The second-order valence-electron chi connectivity index (χ2n) is 12.8. The van der Waals surface area contributed by atoms with Crippen LogP contribution in [0.5, 0.6) is 0 Å². The third kappa shape index (κ3) is 4.54. The maximum Gasteiger partial charge on any atom is 0.164 e. The fraction of sp³-hybridized carbons (Fsp3) is 0. The largest absolute Gasteiger partial charge is 0.456 e. The summed E-state index contributed by atoms with van der Waals surface area (Å²) in [5, 5.41) is 7.21. The molecule has 0 aliphatic heterocycles. The molecule has 4 nitrogen and oxygen atoms in total. The standard InChI is InChI=1S/C45H25N3OS2/c1-2-10-26(11-3-1)43-46-44(27-21-23-40-35(24-27)30-13-5-6-18-38(30)50-40)48-45(47-43)28-20-22-34-37(25-28)49-36-17-9-14-31(41(34)36)33-16-8-15-32-29-12-4-7-19-39(29)51-42(32)33/h1-25H. The second kappa shape index (κ2) is 11.2. The maximum absolute atomic E-state index is 6.59. The molecule has 0 spiro atoms. The van der Waals surface area contributed by atoms with E-state index >= 15 is 0 Å². The van der Waals surface area contributed by atoms with Crippen LogP contribution >= 0.6 is 22.7 Å². The summed E-state index contributed by atoms with van der Waals surface area (Å²) in [6.45, 7) is 0. The lowest BCUT2D eigenvalue weighted by Gasteiger charge is -2.09. The van der Waals surface area contributed by atoms with Crippen molar-refractivity contribution in [3.8, 4) is 45.3 Å². The van der Waals surface area contributed by atoms with Gasteiger partial charge >= 0.3 is 0 Å². The highest BCUT2D eigenvalue weighted by Crippen LogP contribution is 2.44. The van der Waals surface area contributed by atoms with E-state index in [1.54, 1.807) is 11.3 Å². The monoisotopic (exact) mass is 687 g/mol. The van der Waals surface area contributed by atoms with Gasteiger partial charge in [-0.1, -0.05) is 103 Å². The van der Waals surface area contributed by atoms with Crippen LogP contribution in [0.1, 0.15) is 0 Å². The minimum Gasteiger partial charge on any atom is -0.456 e. The van der Waals surface area contributed by atoms with E-state index in [1.807, 2.05) is 41.7 Å². The molecule has 0 radical (unpaired) electrons. The molecule has 51 heavy (non-hydrogen) atoms. The number of benzene rings is 7. The summed E-state index contributed by atoms with van der Waals surface area (Å²) < 4.78 is 11.7. The fourth-order valence-corrected chi connectivity index (χ4v) is 9.68. The highest BCUT2D eigenvalue weighted by atomic mass is 32.1. The van der Waals surface area contributed by atoms with Crippen molar-refractivity contribution in [1.82, 2.24) is 15.0 Å². The molecule has 0 aliphatic rings. The molecule has 0 amide bonds. The molecule has 0 bridgehead atoms. The van der Waals surface area contributed by atoms with Crippen molar-refractivity contribution in [2.24, 2.45) is 0 Å². The first-order chi connectivity index (χ1) is 25.2. The van der Waals surface area contributed by atoms with E-state index < -0.39 is 0 Å². The van der Waals surface area contributed by atoms with Crippen molar-refractivity contribution in [2.75, 3.05) is 0 Å². The molecular formula is C45H25N3OS2. The molecule has 11 rings (SSSR count). The molecule has 238 valence electrons. The van der Waals surface area contributed by atoms with Gasteiger partial charge in [-0.3, -0.25) is 0 Å². The molecule has 0 fully saturated rings. The van der Waals surface area contributed by atoms with Crippen LogP contribution < -0.4 is 0 Å². The van der Waals surface area contributed by atoms with Crippen LogP contribution in [0.4, 0.5) is 0 Å². The van der Waals surface area contributed by atoms with Crippen LogP contribution in [0, 0.1) is 0 Å². The number of nitrogens with zero attached hydrogens (tertiary/aromatic N) is 3. The van der Waals surface area contributed by atoms with Crippen molar-refractivity contribution < 1.29 is 4.42 Å². The summed E-state index contributed by atoms with van der Waals surface area (Å²) in [6, 6.07) is 53.1. The Labute approximate surface area is 299 Å². The number of furan rings is 1. The Bertz CT molecular complexity index is 3160. The van der Waals surface area contributed by atoms with E-state index in [-0.39, 0.29) is 0 Å². The lowest BCUT2D eigenvalue weighted by atomic mass is 9.97. The Balaban J connectivity index is 1.08. The molecule has 0 unspecified atom stereocenters. The SMILES string of the molecule is c1ccc(-c2nc(-c3ccc4c(c3)oc3cccc(-c5cccc6c5sc5ccccc56)c34)nc(-c3ccc4sc5ccccc5c4c3)n2)cc1. The Hall–Kier alpha value is -6.21. The van der Waals surface area contributed by atoms with E-state index in [9.17, 15) is 0 Å². The van der Waals surface area contributed by atoms with E-state index in [4.69, 9.17) is 19.4 Å². The predicted octanol–water partition coefficient (Wildman–Crippen LogP) is 13.2. The van der Waals surface area contributed by atoms with Gasteiger partial charge in [0.15, 0.2) is 17.5 Å². The van der Waals surface area contributed by atoms with Gasteiger partial charge < -0.3 is 4.42 Å². The van der Waals surface area contributed by atoms with Gasteiger partial charge in [-0.2, -0.15) is 0 Å². The van der Waals surface area contributed by atoms with Crippen LogP contribution in [0.3, 0.4) is 0 Å². The minimum absolute atomic E-state index is 0.603. The van der Waals surface area contributed by atoms with Gasteiger partial charge in [0.1, 0.15) is 11.2 Å². The van der Waals surface area contributed by atoms with Gasteiger partial charge in [-0.25, -0.2) is 15.0 Å². The summed E-state index contributed by atoms with van der Waals surface area (Å²) in [5.41, 5.74) is 6.81. The lowest BCUT2D eigenvalue weighted by molar-refractivity contribution is 0.669. The van der Waals surface area contributed by atoms with Crippen LogP contribution in [-0.4, -0.2) is 15.0 Å². The molecule has 4 heterocycles. The molecule has 0 atom stereocenters. The third-order valence-corrected chi connectivity index (χ3v) is 12.1. The number of rotatable bonds is 4. The molecule has 0 N–H and O–H groups in total. The van der Waals surface area contributed by atoms with Crippen molar-refractivity contribution in [2.45, 2.75) is 0 Å². The van der Waals surface area contributed by atoms with Crippen LogP contribution in [-0.2, 0) is 0 Å². The second-order valence-corrected chi connectivity index (χ2v) is 14.9. The number of hydrogen-bond acceptors (Lipinski definition) is 6. The lowest BCUT2D eigenvalue weighted by Crippen LogP contribution is -2.00. The van der Waals surface area contributed by atoms with Crippen molar-refractivity contribution in [3.05, 3.63) is 152 Å². The molecule has 11 aromatic rings. The normalized spacial score (nSPS) is 11.9. The van der Waals surface area contributed by atoms with E-state index in [0.717, 1.165) is 38.6 Å². The van der Waals surface area contributed by atoms with Crippen molar-refractivity contribution >= 4 is 85.0 Å². The summed E-state index contributed by atoms with van der Waals surface area (Å²) in [5.74, 6) is 1.88. The zero-order chi connectivity index (χ0) is 33.5. The first kappa shape index (κ1) is 28.6. The minimum atomic E-state index is 0.603. The highest BCUT2D eigenvalue weighted by molar-refractivity contribution is 7.26. The summed E-state index contributed by atoms with van der Waals surface area (Å²) in [7, 11) is 0. The van der Waals surface area contributed by atoms with E-state index in [1.165, 1.54) is 51.5 Å². The van der Waals surface area contributed by atoms with Crippen molar-refractivity contribution in [1.29, 1.82) is 0 Å². The number of hydrogen-bond donors (Lipinski definition) is 0. The van der Waals surface area contributed by atoms with Crippen molar-refractivity contribution in [3.63, 3.8) is 0 Å². The molecule has 6 heteroatoms. The zero-order valence-electron chi connectivity index (χ0n) is 27.0. The summed E-state index contributed by atoms with van der Waals surface area (Å²) in [6.07, 6.45) is 0. The number of thiophene rings is 2. The zero-order valence-corrected chi connectivity index (χ0v) is 28.6. The number of aromatic nitrogens is 3. The fourth-order valence-electron chi connectivity index (χ4n) is 7.36. The van der Waals surface area contributed by atoms with Gasteiger partial charge in [0, 0.05) is 73.4 Å². The van der Waals surface area contributed by atoms with E-state index in [0.29, 0.717) is 17.5 Å². The smallest absolute Gasteiger partial charge is 0.164 e. The highest BCUT2D eigenvalue weighted by Gasteiger charge is 2.19. The Morgan fingerprint density at radius 2 is 0.980 bits per heavy atom. The number of fused-ring (bicyclic) bond motifs is 9. The molecular weight excluding hydrogens is 663 g/mol. The Morgan fingerprint density at radius 1 is 0.373 bits per heavy atom. The van der Waals surface area contributed by atoms with Gasteiger partial charge in [0.25, 0.3) is 0 Å². The van der Waals surface area contributed by atoms with Gasteiger partial charge in [-0.15, -0.1) is 22.7 Å². The Kier molecular flexibility index (Phi) is 6.26. The first-order valence-electron chi connectivity index (χ1n) is 16.8. The average molecular weight is 688 g/mol. The summed E-state index contributed by atoms with van der Waals surface area (Å²) >= 11 is 3.65. The molecule has 0 saturated heterocycles. The topological polar surface area (TPSA) is 51.8 Å². The third-order valence-electron chi connectivity index (χ3n) is 9.75.